The van der Waals surface area contributed by atoms with Gasteiger partial charge in [-0.15, -0.1) is 0 Å². The van der Waals surface area contributed by atoms with Crippen LogP contribution in [0.25, 0.3) is 6.08 Å². The maximum atomic E-state index is 12.4. The molecule has 0 atom stereocenters. The second kappa shape index (κ2) is 6.71. The van der Waals surface area contributed by atoms with E-state index in [9.17, 15) is 4.79 Å². The van der Waals surface area contributed by atoms with E-state index in [0.29, 0.717) is 33.7 Å². The molecule has 2 aromatic carbocycles. The third-order valence-corrected chi connectivity index (χ3v) is 4.11. The highest BCUT2D eigenvalue weighted by molar-refractivity contribution is 6.42. The van der Waals surface area contributed by atoms with Crippen molar-refractivity contribution in [1.29, 1.82) is 0 Å². The molecule has 5 heteroatoms. The van der Waals surface area contributed by atoms with Gasteiger partial charge in [0.2, 0.25) is 5.78 Å². The summed E-state index contributed by atoms with van der Waals surface area (Å²) < 4.78 is 11.2. The van der Waals surface area contributed by atoms with Crippen LogP contribution < -0.4 is 9.47 Å². The molecule has 0 amide bonds. The Morgan fingerprint density at radius 3 is 2.71 bits per heavy atom. The van der Waals surface area contributed by atoms with E-state index < -0.39 is 0 Å². The van der Waals surface area contributed by atoms with Crippen LogP contribution in [-0.4, -0.2) is 12.4 Å². The first-order valence-corrected chi connectivity index (χ1v) is 8.00. The molecule has 0 aromatic heterocycles. The molecular weight excluding hydrogens is 347 g/mol. The van der Waals surface area contributed by atoms with E-state index in [2.05, 4.69) is 6.58 Å². The highest BCUT2D eigenvalue weighted by Crippen LogP contribution is 2.35. The number of carbonyl (C=O) groups is 1. The lowest BCUT2D eigenvalue weighted by Gasteiger charge is -2.06. The van der Waals surface area contributed by atoms with Gasteiger partial charge >= 0.3 is 0 Å². The Balaban J connectivity index is 1.85. The van der Waals surface area contributed by atoms with E-state index in [1.807, 2.05) is 6.92 Å². The lowest BCUT2D eigenvalue weighted by atomic mass is 10.1. The van der Waals surface area contributed by atoms with Gasteiger partial charge in [-0.3, -0.25) is 4.79 Å². The van der Waals surface area contributed by atoms with Crippen LogP contribution in [0.15, 0.2) is 54.3 Å². The monoisotopic (exact) mass is 360 g/mol. The number of Topliss-reactive ketones (excluding diaryl/α,β-unsaturated/α-hetero) is 1. The molecule has 1 aliphatic rings. The number of fused-ring (bicyclic) bond motifs is 1. The SMILES string of the molecule is C=C(C)COc1ccc2c(c1)OC(=Cc1ccc(Cl)c(Cl)c1)C2=O. The van der Waals surface area contributed by atoms with Crippen molar-refractivity contribution in [3.63, 3.8) is 0 Å². The molecule has 0 radical (unpaired) electrons. The van der Waals surface area contributed by atoms with Gasteiger partial charge in [0.15, 0.2) is 5.76 Å². The van der Waals surface area contributed by atoms with Crippen LogP contribution in [0.2, 0.25) is 10.0 Å². The van der Waals surface area contributed by atoms with E-state index in [1.54, 1.807) is 42.5 Å². The minimum Gasteiger partial charge on any atom is -0.489 e. The summed E-state index contributed by atoms with van der Waals surface area (Å²) in [5.74, 6) is 1.16. The summed E-state index contributed by atoms with van der Waals surface area (Å²) in [4.78, 5) is 12.4. The molecule has 0 bridgehead atoms. The molecule has 0 aliphatic carbocycles. The van der Waals surface area contributed by atoms with Crippen LogP contribution in [0.3, 0.4) is 0 Å². The molecule has 1 heterocycles. The molecule has 0 saturated carbocycles. The quantitative estimate of drug-likeness (QED) is 0.528. The van der Waals surface area contributed by atoms with Crippen molar-refractivity contribution in [3.05, 3.63) is 75.5 Å². The standard InChI is InChI=1S/C19H14Cl2O3/c1-11(2)10-23-13-4-5-14-17(9-13)24-18(19(14)22)8-12-3-6-15(20)16(21)7-12/h3-9H,1,10H2,2H3. The van der Waals surface area contributed by atoms with Crippen LogP contribution in [0.4, 0.5) is 0 Å². The Labute approximate surface area is 150 Å². The first-order valence-electron chi connectivity index (χ1n) is 7.24. The Bertz CT molecular complexity index is 869. The third kappa shape index (κ3) is 3.48. The van der Waals surface area contributed by atoms with Gasteiger partial charge in [-0.2, -0.15) is 0 Å². The fraction of sp³-hybridized carbons (Fsp3) is 0.105. The van der Waals surface area contributed by atoms with Crippen molar-refractivity contribution >= 4 is 35.1 Å². The molecule has 24 heavy (non-hydrogen) atoms. The fourth-order valence-electron chi connectivity index (χ4n) is 2.22. The van der Waals surface area contributed by atoms with Gasteiger partial charge in [-0.25, -0.2) is 0 Å². The number of halogens is 2. The van der Waals surface area contributed by atoms with E-state index in [1.165, 1.54) is 0 Å². The van der Waals surface area contributed by atoms with E-state index in [-0.39, 0.29) is 11.5 Å². The molecule has 0 unspecified atom stereocenters. The third-order valence-electron chi connectivity index (χ3n) is 3.37. The Hall–Kier alpha value is -2.23. The van der Waals surface area contributed by atoms with Crippen molar-refractivity contribution < 1.29 is 14.3 Å². The molecule has 122 valence electrons. The van der Waals surface area contributed by atoms with Crippen molar-refractivity contribution in [1.82, 2.24) is 0 Å². The lowest BCUT2D eigenvalue weighted by Crippen LogP contribution is -1.98. The van der Waals surface area contributed by atoms with Crippen LogP contribution in [0.1, 0.15) is 22.8 Å². The van der Waals surface area contributed by atoms with Crippen LogP contribution >= 0.6 is 23.2 Å². The number of allylic oxidation sites excluding steroid dienone is 1. The fourth-order valence-corrected chi connectivity index (χ4v) is 2.52. The van der Waals surface area contributed by atoms with E-state index in [0.717, 1.165) is 11.1 Å². The predicted molar refractivity (Wildman–Crippen MR) is 96.1 cm³/mol. The highest BCUT2D eigenvalue weighted by atomic mass is 35.5. The molecule has 3 nitrogen and oxygen atoms in total. The maximum absolute atomic E-state index is 12.4. The predicted octanol–water partition coefficient (Wildman–Crippen LogP) is 5.56. The maximum Gasteiger partial charge on any atom is 0.231 e. The van der Waals surface area contributed by atoms with Gasteiger partial charge in [0, 0.05) is 6.07 Å². The number of ketones is 1. The van der Waals surface area contributed by atoms with Gasteiger partial charge in [0.1, 0.15) is 18.1 Å². The summed E-state index contributed by atoms with van der Waals surface area (Å²) in [6.45, 7) is 6.08. The van der Waals surface area contributed by atoms with Gasteiger partial charge in [0.05, 0.1) is 15.6 Å². The zero-order valence-corrected chi connectivity index (χ0v) is 14.4. The second-order valence-electron chi connectivity index (χ2n) is 5.52. The average Bonchev–Trinajstić information content (AvgIpc) is 2.84. The van der Waals surface area contributed by atoms with Gasteiger partial charge in [-0.05, 0) is 48.4 Å². The van der Waals surface area contributed by atoms with E-state index >= 15 is 0 Å². The molecular formula is C19H14Cl2O3. The zero-order chi connectivity index (χ0) is 17.3. The normalized spacial score (nSPS) is 14.5. The number of hydrogen-bond donors (Lipinski definition) is 0. The Kier molecular flexibility index (Phi) is 4.65. The largest absolute Gasteiger partial charge is 0.489 e. The molecule has 0 saturated heterocycles. The second-order valence-corrected chi connectivity index (χ2v) is 6.33. The van der Waals surface area contributed by atoms with Gasteiger partial charge in [-0.1, -0.05) is 35.8 Å². The topological polar surface area (TPSA) is 35.5 Å². The molecule has 0 spiro atoms. The Morgan fingerprint density at radius 1 is 1.21 bits per heavy atom. The first-order chi connectivity index (χ1) is 11.4. The minimum absolute atomic E-state index is 0.178. The van der Waals surface area contributed by atoms with Crippen molar-refractivity contribution in [2.75, 3.05) is 6.61 Å². The highest BCUT2D eigenvalue weighted by Gasteiger charge is 2.27. The summed E-state index contributed by atoms with van der Waals surface area (Å²) in [5.41, 5.74) is 2.15. The summed E-state index contributed by atoms with van der Waals surface area (Å²) in [6.07, 6.45) is 1.64. The van der Waals surface area contributed by atoms with Crippen molar-refractivity contribution in [2.24, 2.45) is 0 Å². The number of benzene rings is 2. The number of hydrogen-bond acceptors (Lipinski definition) is 3. The first kappa shape index (κ1) is 16.6. The molecule has 2 aromatic rings. The van der Waals surface area contributed by atoms with E-state index in [4.69, 9.17) is 32.7 Å². The summed E-state index contributed by atoms with van der Waals surface area (Å²) in [5, 5.41) is 0.879. The number of carbonyl (C=O) groups excluding carboxylic acids is 1. The average molecular weight is 361 g/mol. The summed E-state index contributed by atoms with van der Waals surface area (Å²) in [6, 6.07) is 10.3. The zero-order valence-electron chi connectivity index (χ0n) is 12.9. The molecule has 1 aliphatic heterocycles. The molecule has 0 fully saturated rings. The smallest absolute Gasteiger partial charge is 0.231 e. The van der Waals surface area contributed by atoms with Crippen LogP contribution in [0.5, 0.6) is 11.5 Å². The lowest BCUT2D eigenvalue weighted by molar-refractivity contribution is 0.101. The van der Waals surface area contributed by atoms with Gasteiger partial charge in [0.25, 0.3) is 0 Å². The minimum atomic E-state index is -0.178. The van der Waals surface area contributed by atoms with Crippen LogP contribution in [0, 0.1) is 0 Å². The molecule has 3 rings (SSSR count). The summed E-state index contributed by atoms with van der Waals surface area (Å²) >= 11 is 11.9. The summed E-state index contributed by atoms with van der Waals surface area (Å²) in [7, 11) is 0. The number of ether oxygens (including phenoxy) is 2. The van der Waals surface area contributed by atoms with Crippen molar-refractivity contribution in [2.45, 2.75) is 6.92 Å². The van der Waals surface area contributed by atoms with Gasteiger partial charge < -0.3 is 9.47 Å². The van der Waals surface area contributed by atoms with Crippen LogP contribution in [-0.2, 0) is 0 Å². The number of rotatable bonds is 4. The Morgan fingerprint density at radius 2 is 2.00 bits per heavy atom. The van der Waals surface area contributed by atoms with Crippen molar-refractivity contribution in [3.8, 4) is 11.5 Å². The molecule has 0 N–H and O–H groups in total.